The zero-order chi connectivity index (χ0) is 15.3. The van der Waals surface area contributed by atoms with Crippen LogP contribution < -0.4 is 11.5 Å². The van der Waals surface area contributed by atoms with E-state index in [1.807, 2.05) is 12.1 Å². The third kappa shape index (κ3) is 4.51. The Morgan fingerprint density at radius 2 is 1.86 bits per heavy atom. The fraction of sp³-hybridized carbons (Fsp3) is 0.375. The van der Waals surface area contributed by atoms with Crippen LogP contribution in [0.5, 0.6) is 0 Å². The Morgan fingerprint density at radius 3 is 2.43 bits per heavy atom. The van der Waals surface area contributed by atoms with Gasteiger partial charge in [-0.05, 0) is 31.0 Å². The molecular weight excluding hydrogens is 266 g/mol. The maximum absolute atomic E-state index is 10.6. The van der Waals surface area contributed by atoms with Gasteiger partial charge in [0.25, 0.3) is 0 Å². The molecule has 3 rings (SSSR count). The molecule has 0 saturated heterocycles. The zero-order valence-electron chi connectivity index (χ0n) is 12.0. The normalized spacial score (nSPS) is 16.9. The monoisotopic (exact) mass is 287 g/mol. The predicted molar refractivity (Wildman–Crippen MR) is 82.9 cm³/mol. The number of carbonyl (C=O) groups is 1. The van der Waals surface area contributed by atoms with Gasteiger partial charge in [0.2, 0.25) is 0 Å². The Morgan fingerprint density at radius 1 is 1.14 bits per heavy atom. The van der Waals surface area contributed by atoms with Gasteiger partial charge < -0.3 is 16.6 Å². The zero-order valence-corrected chi connectivity index (χ0v) is 12.0. The highest BCUT2D eigenvalue weighted by Gasteiger charge is 2.21. The Balaban J connectivity index is 0.000000173. The first-order valence-corrected chi connectivity index (χ1v) is 7.14. The number of aromatic nitrogens is 1. The molecule has 0 aliphatic heterocycles. The number of rotatable bonds is 1. The van der Waals surface area contributed by atoms with E-state index in [-0.39, 0.29) is 11.2 Å². The molecule has 112 valence electrons. The van der Waals surface area contributed by atoms with Crippen LogP contribution in [0.2, 0.25) is 0 Å². The molecule has 0 radical (unpaired) electrons. The summed E-state index contributed by atoms with van der Waals surface area (Å²) >= 11 is 0. The Kier molecular flexibility index (Phi) is 4.88. The van der Waals surface area contributed by atoms with Gasteiger partial charge >= 0.3 is 5.97 Å². The van der Waals surface area contributed by atoms with Crippen LogP contribution in [0.15, 0.2) is 36.5 Å². The molecule has 5 N–H and O–H groups in total. The minimum atomic E-state index is -0.924. The van der Waals surface area contributed by atoms with Crippen molar-refractivity contribution in [3.63, 3.8) is 0 Å². The van der Waals surface area contributed by atoms with Crippen molar-refractivity contribution in [2.45, 2.75) is 37.8 Å². The molecule has 0 atom stereocenters. The van der Waals surface area contributed by atoms with Crippen LogP contribution in [0.3, 0.4) is 0 Å². The highest BCUT2D eigenvalue weighted by molar-refractivity contribution is 5.92. The average molecular weight is 287 g/mol. The first kappa shape index (κ1) is 15.4. The highest BCUT2D eigenvalue weighted by atomic mass is 16.4. The van der Waals surface area contributed by atoms with E-state index in [2.05, 4.69) is 4.98 Å². The largest absolute Gasteiger partial charge is 0.478 e. The molecule has 1 aliphatic rings. The maximum Gasteiger partial charge on any atom is 0.335 e. The number of carboxylic acid groups (broad SMARTS) is 1. The van der Waals surface area contributed by atoms with Crippen molar-refractivity contribution >= 4 is 16.9 Å². The van der Waals surface area contributed by atoms with Crippen LogP contribution >= 0.6 is 0 Å². The standard InChI is InChI=1S/C10H7NO2.C6H14N2/c12-10(13)8-4-3-7-2-1-5-11-9(7)6-8;7-6(8)4-2-1-3-5-6/h1-6H,(H,12,13);1-5,7-8H2. The van der Waals surface area contributed by atoms with E-state index in [4.69, 9.17) is 16.6 Å². The van der Waals surface area contributed by atoms with Gasteiger partial charge in [0, 0.05) is 11.6 Å². The first-order chi connectivity index (χ1) is 9.98. The van der Waals surface area contributed by atoms with E-state index in [1.165, 1.54) is 19.3 Å². The van der Waals surface area contributed by atoms with E-state index in [0.29, 0.717) is 5.52 Å². The summed E-state index contributed by atoms with van der Waals surface area (Å²) in [7, 11) is 0. The van der Waals surface area contributed by atoms with Gasteiger partial charge in [-0.2, -0.15) is 0 Å². The lowest BCUT2D eigenvalue weighted by Crippen LogP contribution is -2.50. The minimum Gasteiger partial charge on any atom is -0.478 e. The molecule has 21 heavy (non-hydrogen) atoms. The van der Waals surface area contributed by atoms with E-state index in [1.54, 1.807) is 24.4 Å². The second-order valence-electron chi connectivity index (χ2n) is 5.51. The molecule has 2 aromatic rings. The maximum atomic E-state index is 10.6. The summed E-state index contributed by atoms with van der Waals surface area (Å²) in [6, 6.07) is 8.62. The molecule has 0 bridgehead atoms. The third-order valence-corrected chi connectivity index (χ3v) is 3.64. The number of aromatic carboxylic acids is 1. The third-order valence-electron chi connectivity index (χ3n) is 3.64. The molecule has 0 spiro atoms. The van der Waals surface area contributed by atoms with Crippen molar-refractivity contribution < 1.29 is 9.90 Å². The van der Waals surface area contributed by atoms with Crippen molar-refractivity contribution in [1.82, 2.24) is 4.98 Å². The molecular formula is C16H21N3O2. The number of fused-ring (bicyclic) bond motifs is 1. The fourth-order valence-corrected chi connectivity index (χ4v) is 2.41. The van der Waals surface area contributed by atoms with Crippen LogP contribution in [0.25, 0.3) is 10.9 Å². The van der Waals surface area contributed by atoms with Crippen LogP contribution in [0, 0.1) is 0 Å². The number of carboxylic acids is 1. The first-order valence-electron chi connectivity index (χ1n) is 7.14. The molecule has 0 unspecified atom stereocenters. The van der Waals surface area contributed by atoms with Gasteiger partial charge in [0.15, 0.2) is 0 Å². The lowest BCUT2D eigenvalue weighted by atomic mass is 9.91. The van der Waals surface area contributed by atoms with Crippen molar-refractivity contribution in [3.8, 4) is 0 Å². The fourth-order valence-electron chi connectivity index (χ4n) is 2.41. The van der Waals surface area contributed by atoms with Crippen molar-refractivity contribution in [1.29, 1.82) is 0 Å². The van der Waals surface area contributed by atoms with Crippen molar-refractivity contribution in [2.24, 2.45) is 11.5 Å². The number of hydrogen-bond donors (Lipinski definition) is 3. The van der Waals surface area contributed by atoms with Gasteiger partial charge in [-0.3, -0.25) is 4.98 Å². The second-order valence-corrected chi connectivity index (χ2v) is 5.51. The van der Waals surface area contributed by atoms with Crippen LogP contribution in [0.4, 0.5) is 0 Å². The van der Waals surface area contributed by atoms with Gasteiger partial charge in [0.1, 0.15) is 0 Å². The lowest BCUT2D eigenvalue weighted by molar-refractivity contribution is 0.0697. The number of nitrogens with zero attached hydrogens (tertiary/aromatic N) is 1. The average Bonchev–Trinajstić information content (AvgIpc) is 2.47. The van der Waals surface area contributed by atoms with E-state index < -0.39 is 5.97 Å². The Labute approximate surface area is 124 Å². The molecule has 5 heteroatoms. The Hall–Kier alpha value is -1.98. The van der Waals surface area contributed by atoms with Gasteiger partial charge in [-0.15, -0.1) is 0 Å². The van der Waals surface area contributed by atoms with E-state index in [9.17, 15) is 4.79 Å². The van der Waals surface area contributed by atoms with Gasteiger partial charge in [0.05, 0.1) is 16.7 Å². The number of hydrogen-bond acceptors (Lipinski definition) is 4. The van der Waals surface area contributed by atoms with Crippen molar-refractivity contribution in [2.75, 3.05) is 0 Å². The van der Waals surface area contributed by atoms with Crippen LogP contribution in [0.1, 0.15) is 42.5 Å². The number of benzene rings is 1. The molecule has 5 nitrogen and oxygen atoms in total. The summed E-state index contributed by atoms with van der Waals surface area (Å²) in [5.74, 6) is -0.924. The summed E-state index contributed by atoms with van der Waals surface area (Å²) in [5, 5.41) is 9.67. The van der Waals surface area contributed by atoms with Crippen LogP contribution in [-0.4, -0.2) is 21.7 Å². The molecule has 0 amide bonds. The number of nitrogens with two attached hydrogens (primary N) is 2. The SMILES string of the molecule is NC1(N)CCCCC1.O=C(O)c1ccc2cccnc2c1. The summed E-state index contributed by atoms with van der Waals surface area (Å²) < 4.78 is 0. The highest BCUT2D eigenvalue weighted by Crippen LogP contribution is 2.20. The summed E-state index contributed by atoms with van der Waals surface area (Å²) in [4.78, 5) is 14.7. The minimum absolute atomic E-state index is 0.270. The van der Waals surface area contributed by atoms with Crippen molar-refractivity contribution in [3.05, 3.63) is 42.1 Å². The van der Waals surface area contributed by atoms with Crippen LogP contribution in [-0.2, 0) is 0 Å². The molecule has 1 saturated carbocycles. The van der Waals surface area contributed by atoms with E-state index >= 15 is 0 Å². The van der Waals surface area contributed by atoms with E-state index in [0.717, 1.165) is 18.2 Å². The Bertz CT molecular complexity index is 618. The summed E-state index contributed by atoms with van der Waals surface area (Å²) in [6.07, 6.45) is 7.41. The number of pyridine rings is 1. The molecule has 1 aromatic heterocycles. The van der Waals surface area contributed by atoms with Gasteiger partial charge in [-0.25, -0.2) is 4.79 Å². The van der Waals surface area contributed by atoms with Gasteiger partial charge in [-0.1, -0.05) is 31.4 Å². The predicted octanol–water partition coefficient (Wildman–Crippen LogP) is 2.50. The lowest BCUT2D eigenvalue weighted by Gasteiger charge is -2.28. The molecule has 1 heterocycles. The molecule has 1 aromatic carbocycles. The smallest absolute Gasteiger partial charge is 0.335 e. The summed E-state index contributed by atoms with van der Waals surface area (Å²) in [6.45, 7) is 0. The quantitative estimate of drug-likeness (QED) is 0.699. The second kappa shape index (κ2) is 6.65. The topological polar surface area (TPSA) is 102 Å². The molecule has 1 aliphatic carbocycles. The summed E-state index contributed by atoms with van der Waals surface area (Å²) in [5.41, 5.74) is 12.0. The molecule has 1 fully saturated rings.